The fourth-order valence-electron chi connectivity index (χ4n) is 3.57. The number of benzene rings is 2. The van der Waals surface area contributed by atoms with E-state index >= 15 is 0 Å². The van der Waals surface area contributed by atoms with Gasteiger partial charge in [0.05, 0.1) is 24.8 Å². The zero-order chi connectivity index (χ0) is 25.4. The highest BCUT2D eigenvalue weighted by molar-refractivity contribution is 6.76. The van der Waals surface area contributed by atoms with Crippen LogP contribution in [0.1, 0.15) is 27.1 Å². The van der Waals surface area contributed by atoms with E-state index in [9.17, 15) is 14.7 Å². The molecular formula is C26H34O8Si. The second-order valence-corrected chi connectivity index (χ2v) is 15.2. The summed E-state index contributed by atoms with van der Waals surface area (Å²) in [5.74, 6) is -0.492. The molecule has 1 saturated heterocycles. The zero-order valence-electron chi connectivity index (χ0n) is 20.6. The first-order valence-electron chi connectivity index (χ1n) is 11.7. The van der Waals surface area contributed by atoms with Crippen molar-refractivity contribution in [3.8, 4) is 5.75 Å². The van der Waals surface area contributed by atoms with E-state index in [-0.39, 0.29) is 13.0 Å². The Kier molecular flexibility index (Phi) is 9.45. The molecule has 0 saturated carbocycles. The van der Waals surface area contributed by atoms with Crippen LogP contribution in [0.3, 0.4) is 0 Å². The van der Waals surface area contributed by atoms with Gasteiger partial charge in [0, 0.05) is 21.1 Å². The Labute approximate surface area is 207 Å². The SMILES string of the molecule is COc1ccc(C(=O)O[C@H]2C[C@@H](OC(=O)c3ccccc3)[C@H](OCC[Si](C)(C)C)O[C@@H]2CO)cc1. The molecule has 3 rings (SSSR count). The zero-order valence-corrected chi connectivity index (χ0v) is 21.6. The molecule has 1 N–H and O–H groups in total. The Hall–Kier alpha value is -2.72. The highest BCUT2D eigenvalue weighted by Crippen LogP contribution is 2.28. The molecule has 2 aromatic rings. The van der Waals surface area contributed by atoms with E-state index in [1.54, 1.807) is 48.5 Å². The number of carbonyl (C=O) groups excluding carboxylic acids is 2. The van der Waals surface area contributed by atoms with E-state index in [4.69, 9.17) is 23.7 Å². The Morgan fingerprint density at radius 1 is 0.943 bits per heavy atom. The molecule has 0 aromatic heterocycles. The van der Waals surface area contributed by atoms with Crippen LogP contribution in [-0.2, 0) is 18.9 Å². The molecule has 1 aliphatic heterocycles. The lowest BCUT2D eigenvalue weighted by Gasteiger charge is -2.39. The van der Waals surface area contributed by atoms with Gasteiger partial charge in [0.1, 0.15) is 18.0 Å². The van der Waals surface area contributed by atoms with Crippen molar-refractivity contribution >= 4 is 20.0 Å². The van der Waals surface area contributed by atoms with Crippen LogP contribution in [0.2, 0.25) is 25.7 Å². The quantitative estimate of drug-likeness (QED) is 0.386. The third kappa shape index (κ3) is 7.89. The van der Waals surface area contributed by atoms with E-state index in [2.05, 4.69) is 19.6 Å². The van der Waals surface area contributed by atoms with Crippen molar-refractivity contribution in [3.63, 3.8) is 0 Å². The van der Waals surface area contributed by atoms with Crippen LogP contribution >= 0.6 is 0 Å². The maximum atomic E-state index is 12.8. The van der Waals surface area contributed by atoms with Crippen LogP contribution in [-0.4, -0.2) is 70.0 Å². The van der Waals surface area contributed by atoms with Crippen LogP contribution in [0.5, 0.6) is 5.75 Å². The van der Waals surface area contributed by atoms with Crippen LogP contribution in [0.25, 0.3) is 0 Å². The topological polar surface area (TPSA) is 101 Å². The summed E-state index contributed by atoms with van der Waals surface area (Å²) in [4.78, 5) is 25.5. The first-order valence-corrected chi connectivity index (χ1v) is 15.4. The molecule has 0 spiro atoms. The number of rotatable bonds is 10. The second-order valence-electron chi connectivity index (χ2n) is 9.62. The third-order valence-corrected chi connectivity index (χ3v) is 7.36. The molecule has 0 bridgehead atoms. The fraction of sp³-hybridized carbons (Fsp3) is 0.462. The van der Waals surface area contributed by atoms with Crippen LogP contribution in [0.4, 0.5) is 0 Å². The maximum absolute atomic E-state index is 12.8. The normalized spacial score (nSPS) is 22.3. The number of hydrogen-bond donors (Lipinski definition) is 1. The standard InChI is InChI=1S/C26H34O8Si/c1-30-20-12-10-19(11-13-20)25(29)32-21-16-22(33-24(28)18-8-6-5-7-9-18)26(34-23(21)17-27)31-14-15-35(2,3)4/h5-13,21-23,26-27H,14-17H2,1-4H3/t21-,22+,23+,26+/m0/s1. The smallest absolute Gasteiger partial charge is 0.338 e. The molecule has 0 radical (unpaired) electrons. The minimum Gasteiger partial charge on any atom is -0.497 e. The lowest BCUT2D eigenvalue weighted by Crippen LogP contribution is -2.52. The molecule has 0 amide bonds. The largest absolute Gasteiger partial charge is 0.497 e. The number of carbonyl (C=O) groups is 2. The monoisotopic (exact) mass is 502 g/mol. The van der Waals surface area contributed by atoms with Crippen molar-refractivity contribution in [1.29, 1.82) is 0 Å². The summed E-state index contributed by atoms with van der Waals surface area (Å²) in [6.07, 6.45) is -3.22. The van der Waals surface area contributed by atoms with Gasteiger partial charge in [-0.3, -0.25) is 0 Å². The Balaban J connectivity index is 1.74. The van der Waals surface area contributed by atoms with Gasteiger partial charge < -0.3 is 28.8 Å². The molecule has 9 heteroatoms. The van der Waals surface area contributed by atoms with Gasteiger partial charge in [-0.2, -0.15) is 0 Å². The first kappa shape index (κ1) is 26.9. The molecule has 35 heavy (non-hydrogen) atoms. The Morgan fingerprint density at radius 2 is 1.54 bits per heavy atom. The fourth-order valence-corrected chi connectivity index (χ4v) is 4.30. The summed E-state index contributed by atoms with van der Waals surface area (Å²) < 4.78 is 28.5. The summed E-state index contributed by atoms with van der Waals surface area (Å²) in [6, 6.07) is 16.0. The predicted molar refractivity (Wildman–Crippen MR) is 132 cm³/mol. The average Bonchev–Trinajstić information content (AvgIpc) is 2.85. The van der Waals surface area contributed by atoms with E-state index in [1.807, 2.05) is 6.07 Å². The third-order valence-electron chi connectivity index (χ3n) is 5.66. The van der Waals surface area contributed by atoms with E-state index < -0.39 is 44.6 Å². The van der Waals surface area contributed by atoms with E-state index in [0.717, 1.165) is 6.04 Å². The molecule has 1 heterocycles. The van der Waals surface area contributed by atoms with Crippen molar-refractivity contribution in [1.82, 2.24) is 0 Å². The predicted octanol–water partition coefficient (Wildman–Crippen LogP) is 3.91. The maximum Gasteiger partial charge on any atom is 0.338 e. The molecule has 1 aliphatic rings. The summed E-state index contributed by atoms with van der Waals surface area (Å²) in [7, 11) is 0.170. The van der Waals surface area contributed by atoms with Gasteiger partial charge in [-0.05, 0) is 42.4 Å². The molecular weight excluding hydrogens is 468 g/mol. The summed E-state index contributed by atoms with van der Waals surface area (Å²) in [6.45, 7) is 6.75. The minimum absolute atomic E-state index is 0.128. The van der Waals surface area contributed by atoms with Crippen LogP contribution in [0.15, 0.2) is 54.6 Å². The van der Waals surface area contributed by atoms with Crippen molar-refractivity contribution in [2.24, 2.45) is 0 Å². The van der Waals surface area contributed by atoms with Gasteiger partial charge >= 0.3 is 11.9 Å². The number of aliphatic hydroxyl groups is 1. The molecule has 4 atom stereocenters. The molecule has 1 fully saturated rings. The summed E-state index contributed by atoms with van der Waals surface area (Å²) >= 11 is 0. The molecule has 190 valence electrons. The van der Waals surface area contributed by atoms with Gasteiger partial charge in [0.15, 0.2) is 12.4 Å². The second kappa shape index (κ2) is 12.3. The van der Waals surface area contributed by atoms with Gasteiger partial charge in [-0.15, -0.1) is 0 Å². The van der Waals surface area contributed by atoms with Crippen molar-refractivity contribution in [3.05, 3.63) is 65.7 Å². The number of esters is 2. The number of hydrogen-bond acceptors (Lipinski definition) is 8. The summed E-state index contributed by atoms with van der Waals surface area (Å²) in [5.41, 5.74) is 0.721. The molecule has 0 aliphatic carbocycles. The van der Waals surface area contributed by atoms with Crippen molar-refractivity contribution in [2.75, 3.05) is 20.3 Å². The first-order chi connectivity index (χ1) is 16.7. The Bertz CT molecular complexity index is 958. The number of ether oxygens (including phenoxy) is 5. The molecule has 0 unspecified atom stereocenters. The van der Waals surface area contributed by atoms with Gasteiger partial charge in [-0.1, -0.05) is 37.8 Å². The van der Waals surface area contributed by atoms with Gasteiger partial charge in [0.25, 0.3) is 0 Å². The molecule has 2 aromatic carbocycles. The highest BCUT2D eigenvalue weighted by atomic mass is 28.3. The molecule has 8 nitrogen and oxygen atoms in total. The minimum atomic E-state index is -1.37. The highest BCUT2D eigenvalue weighted by Gasteiger charge is 2.43. The van der Waals surface area contributed by atoms with Crippen molar-refractivity contribution in [2.45, 2.75) is 56.7 Å². The summed E-state index contributed by atoms with van der Waals surface area (Å²) in [5, 5.41) is 9.94. The van der Waals surface area contributed by atoms with E-state index in [1.165, 1.54) is 7.11 Å². The average molecular weight is 503 g/mol. The van der Waals surface area contributed by atoms with Crippen molar-refractivity contribution < 1.29 is 38.4 Å². The van der Waals surface area contributed by atoms with Crippen LogP contribution < -0.4 is 4.74 Å². The lowest BCUT2D eigenvalue weighted by atomic mass is 10.0. The van der Waals surface area contributed by atoms with Crippen LogP contribution in [0, 0.1) is 0 Å². The number of aliphatic hydroxyl groups excluding tert-OH is 1. The number of methoxy groups -OCH3 is 1. The lowest BCUT2D eigenvalue weighted by molar-refractivity contribution is -0.267. The van der Waals surface area contributed by atoms with E-state index in [0.29, 0.717) is 23.5 Å². The van der Waals surface area contributed by atoms with Gasteiger partial charge in [0.2, 0.25) is 0 Å². The van der Waals surface area contributed by atoms with Gasteiger partial charge in [-0.25, -0.2) is 9.59 Å². The Morgan fingerprint density at radius 3 is 2.11 bits per heavy atom.